The van der Waals surface area contributed by atoms with Crippen LogP contribution in [0.25, 0.3) is 22.4 Å². The third-order valence-electron chi connectivity index (χ3n) is 5.96. The van der Waals surface area contributed by atoms with E-state index in [-0.39, 0.29) is 5.56 Å². The normalized spacial score (nSPS) is 13.9. The molecule has 0 aliphatic heterocycles. The summed E-state index contributed by atoms with van der Waals surface area (Å²) in [6.45, 7) is 4.05. The minimum absolute atomic E-state index is 0.114. The summed E-state index contributed by atoms with van der Waals surface area (Å²) in [7, 11) is 0. The van der Waals surface area contributed by atoms with Crippen molar-refractivity contribution in [1.29, 1.82) is 0 Å². The molecular weight excluding hydrogens is 424 g/mol. The van der Waals surface area contributed by atoms with Crippen molar-refractivity contribution in [2.75, 3.05) is 0 Å². The summed E-state index contributed by atoms with van der Waals surface area (Å²) in [6, 6.07) is 13.5. The molecule has 32 heavy (non-hydrogen) atoms. The van der Waals surface area contributed by atoms with Crippen LogP contribution in [0.5, 0.6) is 0 Å². The number of nitrogens with zero attached hydrogens (tertiary/aromatic N) is 6. The van der Waals surface area contributed by atoms with E-state index in [1.54, 1.807) is 4.57 Å². The molecular formula is C23H20N6O2S. The van der Waals surface area contributed by atoms with Crippen molar-refractivity contribution >= 4 is 28.4 Å². The predicted octanol–water partition coefficient (Wildman–Crippen LogP) is 4.20. The van der Waals surface area contributed by atoms with Gasteiger partial charge < -0.3 is 4.52 Å². The van der Waals surface area contributed by atoms with Gasteiger partial charge in [-0.3, -0.25) is 9.20 Å². The first-order valence-electron chi connectivity index (χ1n) is 10.5. The van der Waals surface area contributed by atoms with Gasteiger partial charge in [-0.15, -0.1) is 10.2 Å². The molecule has 5 aromatic rings. The Bertz CT molecular complexity index is 1550. The number of aryl methyl sites for hydroxylation is 1. The van der Waals surface area contributed by atoms with E-state index in [9.17, 15) is 4.79 Å². The van der Waals surface area contributed by atoms with Crippen LogP contribution >= 0.6 is 11.8 Å². The first kappa shape index (κ1) is 19.2. The van der Waals surface area contributed by atoms with Gasteiger partial charge in [0.1, 0.15) is 0 Å². The Balaban J connectivity index is 1.51. The summed E-state index contributed by atoms with van der Waals surface area (Å²) in [5.41, 5.74) is 3.60. The van der Waals surface area contributed by atoms with E-state index in [1.807, 2.05) is 60.7 Å². The molecule has 0 saturated heterocycles. The summed E-state index contributed by atoms with van der Waals surface area (Å²) < 4.78 is 8.99. The molecule has 6 rings (SSSR count). The fourth-order valence-corrected chi connectivity index (χ4v) is 4.70. The van der Waals surface area contributed by atoms with Crippen LogP contribution < -0.4 is 5.56 Å². The van der Waals surface area contributed by atoms with Crippen molar-refractivity contribution in [1.82, 2.24) is 29.3 Å². The maximum absolute atomic E-state index is 13.5. The van der Waals surface area contributed by atoms with Crippen LogP contribution in [0.2, 0.25) is 0 Å². The summed E-state index contributed by atoms with van der Waals surface area (Å²) in [5.74, 6) is 2.77. The monoisotopic (exact) mass is 444 g/mol. The van der Waals surface area contributed by atoms with Crippen molar-refractivity contribution in [3.63, 3.8) is 0 Å². The van der Waals surface area contributed by atoms with Gasteiger partial charge in [0.15, 0.2) is 11.0 Å². The van der Waals surface area contributed by atoms with Gasteiger partial charge in [0.2, 0.25) is 11.7 Å². The van der Waals surface area contributed by atoms with E-state index < -0.39 is 0 Å². The van der Waals surface area contributed by atoms with Gasteiger partial charge >= 0.3 is 0 Å². The molecule has 160 valence electrons. The zero-order chi connectivity index (χ0) is 21.8. The van der Waals surface area contributed by atoms with Crippen LogP contribution in [0.1, 0.15) is 41.6 Å². The van der Waals surface area contributed by atoms with E-state index in [1.165, 1.54) is 11.8 Å². The lowest BCUT2D eigenvalue weighted by Gasteiger charge is -2.14. The van der Waals surface area contributed by atoms with Crippen LogP contribution in [-0.4, -0.2) is 29.3 Å². The summed E-state index contributed by atoms with van der Waals surface area (Å²) in [4.78, 5) is 18.0. The van der Waals surface area contributed by atoms with E-state index in [0.717, 1.165) is 41.0 Å². The van der Waals surface area contributed by atoms with Crippen molar-refractivity contribution in [3.8, 4) is 5.69 Å². The molecule has 3 aromatic heterocycles. The van der Waals surface area contributed by atoms with Crippen LogP contribution in [0.15, 0.2) is 56.9 Å². The zero-order valence-electron chi connectivity index (χ0n) is 17.6. The first-order valence-corrected chi connectivity index (χ1v) is 11.5. The van der Waals surface area contributed by atoms with Crippen LogP contribution in [0.3, 0.4) is 0 Å². The van der Waals surface area contributed by atoms with Crippen LogP contribution in [0.4, 0.5) is 0 Å². The lowest BCUT2D eigenvalue weighted by atomic mass is 10.1. The molecule has 1 aliphatic carbocycles. The van der Waals surface area contributed by atoms with Gasteiger partial charge in [0.25, 0.3) is 5.56 Å². The number of thioether (sulfide) groups is 1. The minimum atomic E-state index is -0.114. The molecule has 9 heteroatoms. The number of fused-ring (bicyclic) bond motifs is 3. The molecule has 1 saturated carbocycles. The van der Waals surface area contributed by atoms with Gasteiger partial charge in [-0.25, -0.2) is 4.57 Å². The van der Waals surface area contributed by atoms with Crippen molar-refractivity contribution in [2.24, 2.45) is 0 Å². The third-order valence-corrected chi connectivity index (χ3v) is 6.88. The first-order chi connectivity index (χ1) is 15.6. The highest BCUT2D eigenvalue weighted by atomic mass is 32.2. The number of para-hydroxylation sites is 1. The molecule has 8 nitrogen and oxygen atoms in total. The fraction of sp³-hybridized carbons (Fsp3) is 0.261. The maximum Gasteiger partial charge on any atom is 0.267 e. The van der Waals surface area contributed by atoms with E-state index in [2.05, 4.69) is 20.3 Å². The second kappa shape index (κ2) is 7.30. The highest BCUT2D eigenvalue weighted by Crippen LogP contribution is 2.38. The average molecular weight is 445 g/mol. The number of benzene rings is 2. The highest BCUT2D eigenvalue weighted by molar-refractivity contribution is 7.98. The molecule has 0 spiro atoms. The number of hydrogen-bond donors (Lipinski definition) is 0. The fourth-order valence-electron chi connectivity index (χ4n) is 3.93. The molecule has 0 N–H and O–H groups in total. The van der Waals surface area contributed by atoms with Gasteiger partial charge in [-0.2, -0.15) is 4.98 Å². The summed E-state index contributed by atoms with van der Waals surface area (Å²) in [6.07, 6.45) is 2.26. The van der Waals surface area contributed by atoms with E-state index in [0.29, 0.717) is 33.9 Å². The van der Waals surface area contributed by atoms with Crippen molar-refractivity contribution in [3.05, 3.63) is 75.7 Å². The predicted molar refractivity (Wildman–Crippen MR) is 121 cm³/mol. The quantitative estimate of drug-likeness (QED) is 0.375. The zero-order valence-corrected chi connectivity index (χ0v) is 18.5. The lowest BCUT2D eigenvalue weighted by Crippen LogP contribution is -2.22. The standard InChI is InChI=1S/C23H20N6O2S/c1-13-6-5-9-17(14(13)2)28-21(30)16-7-3-4-8-18(16)29-22(28)25-26-23(29)32-12-19-24-20(27-31-19)15-10-11-15/h3-9,15H,10-12H2,1-2H3. The van der Waals surface area contributed by atoms with Crippen molar-refractivity contribution < 1.29 is 4.52 Å². The second-order valence-electron chi connectivity index (χ2n) is 8.10. The Labute approximate surface area is 187 Å². The Hall–Kier alpha value is -3.46. The molecule has 1 fully saturated rings. The molecule has 3 heterocycles. The number of aromatic nitrogens is 6. The summed E-state index contributed by atoms with van der Waals surface area (Å²) >= 11 is 1.46. The number of hydrogen-bond acceptors (Lipinski definition) is 7. The second-order valence-corrected chi connectivity index (χ2v) is 9.05. The van der Waals surface area contributed by atoms with Gasteiger partial charge in [0, 0.05) is 5.92 Å². The van der Waals surface area contributed by atoms with Crippen LogP contribution in [0, 0.1) is 13.8 Å². The minimum Gasteiger partial charge on any atom is -0.338 e. The average Bonchev–Trinajstić information content (AvgIpc) is 3.40. The maximum atomic E-state index is 13.5. The van der Waals surface area contributed by atoms with Gasteiger partial charge in [-0.05, 0) is 56.0 Å². The van der Waals surface area contributed by atoms with E-state index >= 15 is 0 Å². The molecule has 0 bridgehead atoms. The molecule has 1 aliphatic rings. The highest BCUT2D eigenvalue weighted by Gasteiger charge is 2.29. The molecule has 0 unspecified atom stereocenters. The summed E-state index contributed by atoms with van der Waals surface area (Å²) in [5, 5.41) is 14.2. The topological polar surface area (TPSA) is 91.1 Å². The Kier molecular flexibility index (Phi) is 4.39. The van der Waals surface area contributed by atoms with Gasteiger partial charge in [-0.1, -0.05) is 41.2 Å². The Morgan fingerprint density at radius 1 is 1.09 bits per heavy atom. The Morgan fingerprint density at radius 2 is 1.94 bits per heavy atom. The lowest BCUT2D eigenvalue weighted by molar-refractivity contribution is 0.385. The van der Waals surface area contributed by atoms with E-state index in [4.69, 9.17) is 4.52 Å². The van der Waals surface area contributed by atoms with Gasteiger partial charge in [0.05, 0.1) is 22.3 Å². The molecule has 0 atom stereocenters. The Morgan fingerprint density at radius 3 is 2.78 bits per heavy atom. The SMILES string of the molecule is Cc1cccc(-n2c(=O)c3ccccc3n3c(SCc4nc(C5CC5)no4)nnc23)c1C. The molecule has 0 radical (unpaired) electrons. The number of rotatable bonds is 5. The smallest absolute Gasteiger partial charge is 0.267 e. The molecule has 2 aromatic carbocycles. The van der Waals surface area contributed by atoms with Crippen LogP contribution in [-0.2, 0) is 5.75 Å². The third kappa shape index (κ3) is 3.03. The van der Waals surface area contributed by atoms with Crippen molar-refractivity contribution in [2.45, 2.75) is 43.5 Å². The largest absolute Gasteiger partial charge is 0.338 e. The molecule has 0 amide bonds.